The minimum Gasteiger partial charge on any atom is -0.381 e. The zero-order valence-corrected chi connectivity index (χ0v) is 7.58. The number of ether oxygens (including phenoxy) is 2. The van der Waals surface area contributed by atoms with Gasteiger partial charge in [0.05, 0.1) is 6.10 Å². The van der Waals surface area contributed by atoms with Crippen molar-refractivity contribution < 1.29 is 9.47 Å². The quantitative estimate of drug-likeness (QED) is 0.653. The third-order valence-electron chi connectivity index (χ3n) is 3.49. The van der Waals surface area contributed by atoms with Gasteiger partial charge >= 0.3 is 0 Å². The smallest absolute Gasteiger partial charge is 0.0679 e. The molecule has 0 amide bonds. The van der Waals surface area contributed by atoms with Gasteiger partial charge in [-0.2, -0.15) is 0 Å². The summed E-state index contributed by atoms with van der Waals surface area (Å²) in [6, 6.07) is 0. The Hall–Kier alpha value is -0.120. The molecule has 70 valence electrons. The van der Waals surface area contributed by atoms with E-state index in [1.165, 1.54) is 0 Å². The maximum absolute atomic E-state index is 5.68. The van der Waals surface area contributed by atoms with Crippen LogP contribution in [0.25, 0.3) is 0 Å². The van der Waals surface area contributed by atoms with E-state index in [4.69, 9.17) is 15.2 Å². The van der Waals surface area contributed by atoms with Crippen molar-refractivity contribution >= 4 is 0 Å². The molecule has 1 aliphatic carbocycles. The number of hydrogen-bond acceptors (Lipinski definition) is 3. The summed E-state index contributed by atoms with van der Waals surface area (Å²) in [7, 11) is 1.79. The maximum Gasteiger partial charge on any atom is 0.0679 e. The largest absolute Gasteiger partial charge is 0.381 e. The number of methoxy groups -OCH3 is 1. The van der Waals surface area contributed by atoms with Crippen LogP contribution >= 0.6 is 0 Å². The molecule has 2 rings (SSSR count). The lowest BCUT2D eigenvalue weighted by atomic mass is 9.93. The second kappa shape index (κ2) is 2.98. The van der Waals surface area contributed by atoms with E-state index in [-0.39, 0.29) is 0 Å². The number of nitrogens with two attached hydrogens (primary N) is 1. The molecule has 0 aromatic carbocycles. The summed E-state index contributed by atoms with van der Waals surface area (Å²) < 4.78 is 10.8. The highest BCUT2D eigenvalue weighted by molar-refractivity contribution is 5.13. The number of hydrogen-bond donors (Lipinski definition) is 1. The lowest BCUT2D eigenvalue weighted by molar-refractivity contribution is 0.0292. The third kappa shape index (κ3) is 1.00. The van der Waals surface area contributed by atoms with E-state index in [0.717, 1.165) is 32.6 Å². The van der Waals surface area contributed by atoms with Crippen molar-refractivity contribution in [1.82, 2.24) is 0 Å². The summed E-state index contributed by atoms with van der Waals surface area (Å²) in [5.74, 6) is 0.589. The molecule has 3 heteroatoms. The van der Waals surface area contributed by atoms with Gasteiger partial charge in [0.2, 0.25) is 0 Å². The molecule has 0 radical (unpaired) electrons. The van der Waals surface area contributed by atoms with Crippen molar-refractivity contribution in [1.29, 1.82) is 0 Å². The molecule has 2 unspecified atom stereocenters. The Labute approximate surface area is 73.2 Å². The van der Waals surface area contributed by atoms with Gasteiger partial charge in [-0.25, -0.2) is 0 Å². The van der Waals surface area contributed by atoms with Crippen LogP contribution < -0.4 is 5.73 Å². The topological polar surface area (TPSA) is 44.5 Å². The molecule has 12 heavy (non-hydrogen) atoms. The van der Waals surface area contributed by atoms with Crippen LogP contribution in [-0.4, -0.2) is 33.0 Å². The Morgan fingerprint density at radius 2 is 2.17 bits per heavy atom. The molecule has 2 fully saturated rings. The standard InChI is InChI=1S/C9H17NO2/c1-11-8-7(6-10)9(8)2-4-12-5-3-9/h7-8H,2-6,10H2,1H3. The first-order valence-electron chi connectivity index (χ1n) is 4.66. The lowest BCUT2D eigenvalue weighted by Crippen LogP contribution is -2.22. The molecule has 1 heterocycles. The fourth-order valence-corrected chi connectivity index (χ4v) is 2.70. The Balaban J connectivity index is 2.01. The molecule has 1 saturated carbocycles. The van der Waals surface area contributed by atoms with E-state index >= 15 is 0 Å². The van der Waals surface area contributed by atoms with Gasteiger partial charge in [-0.05, 0) is 19.4 Å². The fourth-order valence-electron chi connectivity index (χ4n) is 2.70. The molecule has 3 nitrogen and oxygen atoms in total. The van der Waals surface area contributed by atoms with E-state index in [0.29, 0.717) is 17.4 Å². The van der Waals surface area contributed by atoms with Gasteiger partial charge in [-0.3, -0.25) is 0 Å². The highest BCUT2D eigenvalue weighted by Gasteiger charge is 2.64. The van der Waals surface area contributed by atoms with E-state index in [1.54, 1.807) is 7.11 Å². The van der Waals surface area contributed by atoms with Crippen LogP contribution in [0.4, 0.5) is 0 Å². The second-order valence-corrected chi connectivity index (χ2v) is 3.84. The summed E-state index contributed by atoms with van der Waals surface area (Å²) in [5, 5.41) is 0. The SMILES string of the molecule is COC1C(CN)C12CCOCC2. The molecular formula is C9H17NO2. The first-order chi connectivity index (χ1) is 5.85. The van der Waals surface area contributed by atoms with Gasteiger partial charge in [0.15, 0.2) is 0 Å². The molecule has 0 aromatic rings. The van der Waals surface area contributed by atoms with Crippen molar-refractivity contribution in [3.63, 3.8) is 0 Å². The Kier molecular flexibility index (Phi) is 2.10. The van der Waals surface area contributed by atoms with Crippen molar-refractivity contribution in [3.8, 4) is 0 Å². The summed E-state index contributed by atoms with van der Waals surface area (Å²) in [4.78, 5) is 0. The van der Waals surface area contributed by atoms with E-state index in [2.05, 4.69) is 0 Å². The molecule has 2 N–H and O–H groups in total. The van der Waals surface area contributed by atoms with Gasteiger partial charge in [0, 0.05) is 31.7 Å². The van der Waals surface area contributed by atoms with Crippen molar-refractivity contribution in [2.75, 3.05) is 26.9 Å². The maximum atomic E-state index is 5.68. The van der Waals surface area contributed by atoms with Gasteiger partial charge in [-0.1, -0.05) is 0 Å². The summed E-state index contributed by atoms with van der Waals surface area (Å²) in [5.41, 5.74) is 6.08. The monoisotopic (exact) mass is 171 g/mol. The molecular weight excluding hydrogens is 154 g/mol. The minimum atomic E-state index is 0.391. The zero-order valence-electron chi connectivity index (χ0n) is 7.58. The van der Waals surface area contributed by atoms with Crippen LogP contribution in [0, 0.1) is 11.3 Å². The Morgan fingerprint density at radius 1 is 1.50 bits per heavy atom. The van der Waals surface area contributed by atoms with Crippen LogP contribution in [0.15, 0.2) is 0 Å². The average Bonchev–Trinajstić information content (AvgIpc) is 2.73. The van der Waals surface area contributed by atoms with Crippen molar-refractivity contribution in [3.05, 3.63) is 0 Å². The van der Waals surface area contributed by atoms with Crippen LogP contribution in [0.5, 0.6) is 0 Å². The normalized spacial score (nSPS) is 38.5. The molecule has 1 saturated heterocycles. The highest BCUT2D eigenvalue weighted by Crippen LogP contribution is 2.60. The second-order valence-electron chi connectivity index (χ2n) is 3.84. The van der Waals surface area contributed by atoms with Crippen molar-refractivity contribution in [2.24, 2.45) is 17.1 Å². The highest BCUT2D eigenvalue weighted by atomic mass is 16.5. The van der Waals surface area contributed by atoms with Gasteiger partial charge in [0.25, 0.3) is 0 Å². The average molecular weight is 171 g/mol. The van der Waals surface area contributed by atoms with E-state index in [1.807, 2.05) is 0 Å². The van der Waals surface area contributed by atoms with E-state index < -0.39 is 0 Å². The Bertz CT molecular complexity index is 154. The minimum absolute atomic E-state index is 0.391. The van der Waals surface area contributed by atoms with Crippen LogP contribution in [0.3, 0.4) is 0 Å². The van der Waals surface area contributed by atoms with Gasteiger partial charge in [0.1, 0.15) is 0 Å². The van der Waals surface area contributed by atoms with E-state index in [9.17, 15) is 0 Å². The van der Waals surface area contributed by atoms with Gasteiger partial charge < -0.3 is 15.2 Å². The molecule has 0 aromatic heterocycles. The summed E-state index contributed by atoms with van der Waals surface area (Å²) in [6.07, 6.45) is 2.67. The predicted molar refractivity (Wildman–Crippen MR) is 45.8 cm³/mol. The first-order valence-corrected chi connectivity index (χ1v) is 4.66. The van der Waals surface area contributed by atoms with Crippen LogP contribution in [0.2, 0.25) is 0 Å². The summed E-state index contributed by atoms with van der Waals surface area (Å²) in [6.45, 7) is 2.53. The van der Waals surface area contributed by atoms with Crippen molar-refractivity contribution in [2.45, 2.75) is 18.9 Å². The number of rotatable bonds is 2. The lowest BCUT2D eigenvalue weighted by Gasteiger charge is -2.22. The van der Waals surface area contributed by atoms with Crippen LogP contribution in [-0.2, 0) is 9.47 Å². The first kappa shape index (κ1) is 8.48. The third-order valence-corrected chi connectivity index (χ3v) is 3.49. The molecule has 1 aliphatic heterocycles. The summed E-state index contributed by atoms with van der Waals surface area (Å²) >= 11 is 0. The molecule has 0 bridgehead atoms. The predicted octanol–water partition coefficient (Wildman–Crippen LogP) is 0.387. The molecule has 2 atom stereocenters. The zero-order chi connectivity index (χ0) is 8.60. The molecule has 1 spiro atoms. The van der Waals surface area contributed by atoms with Crippen LogP contribution in [0.1, 0.15) is 12.8 Å². The molecule has 2 aliphatic rings. The van der Waals surface area contributed by atoms with Gasteiger partial charge in [-0.15, -0.1) is 0 Å². The fraction of sp³-hybridized carbons (Fsp3) is 1.00. The Morgan fingerprint density at radius 3 is 2.58 bits per heavy atom.